The van der Waals surface area contributed by atoms with Crippen molar-refractivity contribution in [1.82, 2.24) is 10.3 Å². The van der Waals surface area contributed by atoms with Crippen LogP contribution in [0.25, 0.3) is 0 Å². The first kappa shape index (κ1) is 18.9. The van der Waals surface area contributed by atoms with Crippen molar-refractivity contribution < 1.29 is 18.4 Å². The number of aryl methyl sites for hydroxylation is 2. The number of carbonyl (C=O) groups excluding carboxylic acids is 2. The number of nitrogens with one attached hydrogen (secondary N) is 1. The van der Waals surface area contributed by atoms with Crippen molar-refractivity contribution in [2.45, 2.75) is 33.2 Å². The molecule has 1 N–H and O–H groups in total. The van der Waals surface area contributed by atoms with Crippen molar-refractivity contribution in [3.63, 3.8) is 0 Å². The fraction of sp³-hybridized carbons (Fsp3) is 0.316. The van der Waals surface area contributed by atoms with Gasteiger partial charge in [-0.25, -0.2) is 4.98 Å². The summed E-state index contributed by atoms with van der Waals surface area (Å²) in [6, 6.07) is 6.90. The summed E-state index contributed by atoms with van der Waals surface area (Å²) in [5.74, 6) is 1.53. The van der Waals surface area contributed by atoms with Gasteiger partial charge < -0.3 is 14.2 Å². The summed E-state index contributed by atoms with van der Waals surface area (Å²) in [7, 11) is 1.65. The van der Waals surface area contributed by atoms with Gasteiger partial charge in [-0.15, -0.1) is 11.3 Å². The second-order valence-electron chi connectivity index (χ2n) is 5.91. The zero-order chi connectivity index (χ0) is 19.4. The standard InChI is InChI=1S/C19H21N3O4S/c1-4-13-6-8-15(25-13)17(23)20-10-12-11-27-19(21-12)22(3)18(24)16-9-7-14(5-2)26-16/h6-9,11H,4-5,10H2,1-3H3,(H,20,23). The van der Waals surface area contributed by atoms with Crippen LogP contribution in [0.3, 0.4) is 0 Å². The lowest BCUT2D eigenvalue weighted by Gasteiger charge is -2.11. The van der Waals surface area contributed by atoms with Crippen LogP contribution in [0.5, 0.6) is 0 Å². The van der Waals surface area contributed by atoms with Crippen molar-refractivity contribution in [3.05, 3.63) is 58.4 Å². The number of amides is 2. The topological polar surface area (TPSA) is 88.6 Å². The van der Waals surface area contributed by atoms with Crippen LogP contribution in [0.2, 0.25) is 0 Å². The quantitative estimate of drug-likeness (QED) is 0.668. The van der Waals surface area contributed by atoms with Gasteiger partial charge in [-0.1, -0.05) is 13.8 Å². The molecule has 7 nitrogen and oxygen atoms in total. The van der Waals surface area contributed by atoms with E-state index in [1.165, 1.54) is 16.2 Å². The summed E-state index contributed by atoms with van der Waals surface area (Å²) in [6.45, 7) is 4.17. The van der Waals surface area contributed by atoms with Crippen LogP contribution >= 0.6 is 11.3 Å². The van der Waals surface area contributed by atoms with E-state index in [0.717, 1.165) is 24.4 Å². The number of rotatable bonds is 7. The number of carbonyl (C=O) groups is 2. The zero-order valence-corrected chi connectivity index (χ0v) is 16.3. The first-order valence-corrected chi connectivity index (χ1v) is 9.57. The molecule has 0 unspecified atom stereocenters. The molecule has 27 heavy (non-hydrogen) atoms. The van der Waals surface area contributed by atoms with Gasteiger partial charge in [0.2, 0.25) is 0 Å². The van der Waals surface area contributed by atoms with Crippen molar-refractivity contribution in [1.29, 1.82) is 0 Å². The second kappa shape index (κ2) is 8.22. The second-order valence-corrected chi connectivity index (χ2v) is 6.74. The third kappa shape index (κ3) is 4.28. The lowest BCUT2D eigenvalue weighted by molar-refractivity contribution is 0.0919. The molecule has 0 bridgehead atoms. The molecule has 8 heteroatoms. The van der Waals surface area contributed by atoms with E-state index in [2.05, 4.69) is 10.3 Å². The fourth-order valence-electron chi connectivity index (χ4n) is 2.41. The van der Waals surface area contributed by atoms with Gasteiger partial charge in [0, 0.05) is 25.3 Å². The Labute approximate surface area is 161 Å². The lowest BCUT2D eigenvalue weighted by Crippen LogP contribution is -2.26. The van der Waals surface area contributed by atoms with Crippen LogP contribution in [-0.4, -0.2) is 23.8 Å². The molecule has 142 valence electrons. The molecule has 3 aromatic heterocycles. The number of aromatic nitrogens is 1. The monoisotopic (exact) mass is 387 g/mol. The molecule has 0 saturated carbocycles. The lowest BCUT2D eigenvalue weighted by atomic mass is 10.3. The van der Waals surface area contributed by atoms with Gasteiger partial charge in [-0.3, -0.25) is 14.5 Å². The van der Waals surface area contributed by atoms with Crippen LogP contribution in [0.4, 0.5) is 5.13 Å². The molecule has 3 rings (SSSR count). The molecule has 0 atom stereocenters. The fourth-order valence-corrected chi connectivity index (χ4v) is 3.20. The number of hydrogen-bond donors (Lipinski definition) is 1. The molecule has 0 fully saturated rings. The van der Waals surface area contributed by atoms with E-state index in [9.17, 15) is 9.59 Å². The molecular weight excluding hydrogens is 366 g/mol. The van der Waals surface area contributed by atoms with Gasteiger partial charge in [-0.05, 0) is 24.3 Å². The van der Waals surface area contributed by atoms with E-state index in [4.69, 9.17) is 8.83 Å². The summed E-state index contributed by atoms with van der Waals surface area (Å²) < 4.78 is 10.9. The molecule has 3 heterocycles. The minimum Gasteiger partial charge on any atom is -0.456 e. The number of hydrogen-bond acceptors (Lipinski definition) is 6. The third-order valence-electron chi connectivity index (χ3n) is 4.02. The molecule has 0 aliphatic carbocycles. The highest BCUT2D eigenvalue weighted by Gasteiger charge is 2.20. The van der Waals surface area contributed by atoms with Gasteiger partial charge >= 0.3 is 0 Å². The summed E-state index contributed by atoms with van der Waals surface area (Å²) >= 11 is 1.33. The largest absolute Gasteiger partial charge is 0.456 e. The maximum absolute atomic E-state index is 12.5. The zero-order valence-electron chi connectivity index (χ0n) is 15.4. The van der Waals surface area contributed by atoms with Crippen LogP contribution in [-0.2, 0) is 19.4 Å². The smallest absolute Gasteiger partial charge is 0.295 e. The average molecular weight is 387 g/mol. The highest BCUT2D eigenvalue weighted by atomic mass is 32.1. The van der Waals surface area contributed by atoms with Gasteiger partial charge in [0.1, 0.15) is 11.5 Å². The Balaban J connectivity index is 1.60. The third-order valence-corrected chi connectivity index (χ3v) is 4.98. The Kier molecular flexibility index (Phi) is 5.75. The minimum absolute atomic E-state index is 0.250. The highest BCUT2D eigenvalue weighted by Crippen LogP contribution is 2.22. The number of thiazole rings is 1. The molecular formula is C19H21N3O4S. The first-order valence-electron chi connectivity index (χ1n) is 8.69. The maximum Gasteiger partial charge on any atom is 0.295 e. The van der Waals surface area contributed by atoms with Crippen LogP contribution in [0.1, 0.15) is 52.2 Å². The number of nitrogens with zero attached hydrogens (tertiary/aromatic N) is 2. The van der Waals surface area contributed by atoms with Crippen LogP contribution in [0.15, 0.2) is 38.5 Å². The van der Waals surface area contributed by atoms with Gasteiger partial charge in [-0.2, -0.15) is 0 Å². The Morgan fingerprint density at radius 3 is 2.33 bits per heavy atom. The van der Waals surface area contributed by atoms with E-state index in [1.54, 1.807) is 36.7 Å². The van der Waals surface area contributed by atoms with Crippen molar-refractivity contribution in [2.24, 2.45) is 0 Å². The molecule has 3 aromatic rings. The Morgan fingerprint density at radius 1 is 1.07 bits per heavy atom. The molecule has 0 aliphatic rings. The summed E-state index contributed by atoms with van der Waals surface area (Å²) in [5.41, 5.74) is 0.666. The summed E-state index contributed by atoms with van der Waals surface area (Å²) in [6.07, 6.45) is 1.46. The first-order chi connectivity index (χ1) is 13.0. The molecule has 2 amide bonds. The molecule has 0 spiro atoms. The Hall–Kier alpha value is -2.87. The van der Waals surface area contributed by atoms with E-state index in [-0.39, 0.29) is 29.9 Å². The van der Waals surface area contributed by atoms with Gasteiger partial charge in [0.25, 0.3) is 11.8 Å². The number of furan rings is 2. The Bertz CT molecular complexity index is 940. The predicted octanol–water partition coefficient (Wildman–Crippen LogP) is 3.66. The van der Waals surface area contributed by atoms with E-state index in [0.29, 0.717) is 10.8 Å². The highest BCUT2D eigenvalue weighted by molar-refractivity contribution is 7.14. The SMILES string of the molecule is CCc1ccc(C(=O)NCc2csc(N(C)C(=O)c3ccc(CC)o3)n2)o1. The summed E-state index contributed by atoms with van der Waals surface area (Å²) in [5, 5.41) is 5.10. The van der Waals surface area contributed by atoms with Crippen molar-refractivity contribution >= 4 is 28.3 Å². The van der Waals surface area contributed by atoms with Crippen molar-refractivity contribution in [3.8, 4) is 0 Å². The van der Waals surface area contributed by atoms with Crippen molar-refractivity contribution in [2.75, 3.05) is 11.9 Å². The van der Waals surface area contributed by atoms with E-state index < -0.39 is 0 Å². The predicted molar refractivity (Wildman–Crippen MR) is 102 cm³/mol. The number of anilines is 1. The van der Waals surface area contributed by atoms with Crippen LogP contribution < -0.4 is 10.2 Å². The van der Waals surface area contributed by atoms with Gasteiger partial charge in [0.15, 0.2) is 16.7 Å². The maximum atomic E-state index is 12.5. The molecule has 0 aromatic carbocycles. The molecule has 0 aliphatic heterocycles. The van der Waals surface area contributed by atoms with E-state index in [1.807, 2.05) is 13.8 Å². The van der Waals surface area contributed by atoms with Crippen LogP contribution in [0, 0.1) is 0 Å². The molecule has 0 radical (unpaired) electrons. The summed E-state index contributed by atoms with van der Waals surface area (Å²) in [4.78, 5) is 30.4. The minimum atomic E-state index is -0.295. The Morgan fingerprint density at radius 2 is 1.70 bits per heavy atom. The van der Waals surface area contributed by atoms with E-state index >= 15 is 0 Å². The van der Waals surface area contributed by atoms with Gasteiger partial charge in [0.05, 0.1) is 12.2 Å². The average Bonchev–Trinajstić information content (AvgIpc) is 3.44. The normalized spacial score (nSPS) is 10.8. The molecule has 0 saturated heterocycles.